The predicted octanol–water partition coefficient (Wildman–Crippen LogP) is 2.26. The quantitative estimate of drug-likeness (QED) is 0.448. The van der Waals surface area contributed by atoms with Gasteiger partial charge in [-0.2, -0.15) is 26.3 Å². The third-order valence-corrected chi connectivity index (χ3v) is 2.63. The Hall–Kier alpha value is -1.78. The third-order valence-electron chi connectivity index (χ3n) is 2.63. The highest BCUT2D eigenvalue weighted by Crippen LogP contribution is 2.44. The number of rotatable bonds is 4. The van der Waals surface area contributed by atoms with E-state index in [4.69, 9.17) is 0 Å². The Balaban J connectivity index is 2.88. The van der Waals surface area contributed by atoms with Crippen molar-refractivity contribution in [3.63, 3.8) is 0 Å². The van der Waals surface area contributed by atoms with Gasteiger partial charge in [0.1, 0.15) is 0 Å². The highest BCUT2D eigenvalue weighted by atomic mass is 19.4. The number of ether oxygens (including phenoxy) is 3. The van der Waals surface area contributed by atoms with Crippen molar-refractivity contribution < 1.29 is 50.1 Å². The van der Waals surface area contributed by atoms with Crippen LogP contribution < -0.4 is 0 Å². The topological polar surface area (TPSA) is 61.8 Å². The van der Waals surface area contributed by atoms with Crippen LogP contribution in [-0.2, 0) is 23.8 Å². The van der Waals surface area contributed by atoms with Crippen molar-refractivity contribution in [2.75, 3.05) is 6.61 Å². The van der Waals surface area contributed by atoms with Crippen molar-refractivity contribution >= 4 is 11.9 Å². The van der Waals surface area contributed by atoms with Gasteiger partial charge in [-0.05, 0) is 0 Å². The van der Waals surface area contributed by atoms with Gasteiger partial charge in [-0.25, -0.2) is 9.59 Å². The van der Waals surface area contributed by atoms with Gasteiger partial charge in [0.2, 0.25) is 6.29 Å². The number of halogens is 6. The van der Waals surface area contributed by atoms with Gasteiger partial charge < -0.3 is 14.2 Å². The second kappa shape index (κ2) is 6.15. The summed E-state index contributed by atoms with van der Waals surface area (Å²) in [5.74, 6) is -3.35. The molecule has 0 N–H and O–H groups in total. The molecule has 1 aliphatic rings. The lowest BCUT2D eigenvalue weighted by molar-refractivity contribution is -0.293. The molecule has 1 heterocycles. The number of alkyl halides is 6. The SMILES string of the molecule is C=CC(=O)OC1CCC(C(=O)OCC(F)(F)F)(C(F)(F)F)O1. The molecule has 5 nitrogen and oxygen atoms in total. The largest absolute Gasteiger partial charge is 0.454 e. The molecule has 126 valence electrons. The molecule has 0 aromatic carbocycles. The van der Waals surface area contributed by atoms with Crippen molar-refractivity contribution in [1.29, 1.82) is 0 Å². The van der Waals surface area contributed by atoms with Crippen LogP contribution in [0.4, 0.5) is 26.3 Å². The van der Waals surface area contributed by atoms with Gasteiger partial charge in [-0.15, -0.1) is 0 Å². The summed E-state index contributed by atoms with van der Waals surface area (Å²) in [6.07, 6.45) is -13.0. The Kier molecular flexibility index (Phi) is 5.10. The summed E-state index contributed by atoms with van der Waals surface area (Å²) in [4.78, 5) is 22.3. The first-order chi connectivity index (χ1) is 9.91. The number of esters is 2. The molecule has 1 fully saturated rings. The van der Waals surface area contributed by atoms with Crippen molar-refractivity contribution in [1.82, 2.24) is 0 Å². The maximum absolute atomic E-state index is 13.0. The molecule has 0 aromatic heterocycles. The lowest BCUT2D eigenvalue weighted by Gasteiger charge is -2.29. The molecule has 1 saturated heterocycles. The van der Waals surface area contributed by atoms with E-state index in [-0.39, 0.29) is 0 Å². The van der Waals surface area contributed by atoms with Crippen LogP contribution in [0.5, 0.6) is 0 Å². The first-order valence-electron chi connectivity index (χ1n) is 5.73. The summed E-state index contributed by atoms with van der Waals surface area (Å²) in [6, 6.07) is 0. The van der Waals surface area contributed by atoms with Crippen molar-refractivity contribution in [3.05, 3.63) is 12.7 Å². The molecule has 0 aromatic rings. The van der Waals surface area contributed by atoms with E-state index < -0.39 is 55.6 Å². The molecule has 0 aliphatic carbocycles. The van der Waals surface area contributed by atoms with Gasteiger partial charge in [-0.1, -0.05) is 6.58 Å². The van der Waals surface area contributed by atoms with E-state index in [9.17, 15) is 35.9 Å². The van der Waals surface area contributed by atoms with Crippen LogP contribution >= 0.6 is 0 Å². The summed E-state index contributed by atoms with van der Waals surface area (Å²) < 4.78 is 87.2. The maximum atomic E-state index is 13.0. The predicted molar refractivity (Wildman–Crippen MR) is 56.2 cm³/mol. The number of carbonyl (C=O) groups is 2. The van der Waals surface area contributed by atoms with E-state index in [1.165, 1.54) is 0 Å². The minimum Gasteiger partial charge on any atom is -0.454 e. The van der Waals surface area contributed by atoms with Gasteiger partial charge in [0, 0.05) is 18.9 Å². The minimum atomic E-state index is -5.34. The molecular formula is C11H10F6O5. The van der Waals surface area contributed by atoms with Crippen LogP contribution in [-0.4, -0.2) is 42.8 Å². The molecule has 2 unspecified atom stereocenters. The fourth-order valence-corrected chi connectivity index (χ4v) is 1.66. The van der Waals surface area contributed by atoms with Crippen LogP contribution in [0.25, 0.3) is 0 Å². The van der Waals surface area contributed by atoms with Gasteiger partial charge in [0.05, 0.1) is 0 Å². The van der Waals surface area contributed by atoms with Gasteiger partial charge in [0.15, 0.2) is 6.61 Å². The van der Waals surface area contributed by atoms with E-state index >= 15 is 0 Å². The molecule has 0 amide bonds. The zero-order chi connectivity index (χ0) is 17.2. The fourth-order valence-electron chi connectivity index (χ4n) is 1.66. The lowest BCUT2D eigenvalue weighted by atomic mass is 10.00. The van der Waals surface area contributed by atoms with Crippen LogP contribution in [0.3, 0.4) is 0 Å². The molecule has 0 bridgehead atoms. The molecule has 0 spiro atoms. The van der Waals surface area contributed by atoms with Gasteiger partial charge in [0.25, 0.3) is 5.60 Å². The highest BCUT2D eigenvalue weighted by Gasteiger charge is 2.67. The lowest BCUT2D eigenvalue weighted by Crippen LogP contribution is -2.53. The van der Waals surface area contributed by atoms with E-state index in [2.05, 4.69) is 20.8 Å². The Labute approximate surface area is 119 Å². The normalized spacial score (nSPS) is 25.6. The number of hydrogen-bond acceptors (Lipinski definition) is 5. The van der Waals surface area contributed by atoms with Crippen LogP contribution in [0.2, 0.25) is 0 Å². The van der Waals surface area contributed by atoms with Crippen molar-refractivity contribution in [2.45, 2.75) is 37.1 Å². The van der Waals surface area contributed by atoms with Gasteiger partial charge in [-0.3, -0.25) is 0 Å². The minimum absolute atomic E-state index is 0.541. The maximum Gasteiger partial charge on any atom is 0.428 e. The summed E-state index contributed by atoms with van der Waals surface area (Å²) >= 11 is 0. The molecule has 1 aliphatic heterocycles. The summed E-state index contributed by atoms with van der Waals surface area (Å²) in [7, 11) is 0. The summed E-state index contributed by atoms with van der Waals surface area (Å²) in [5, 5.41) is 0. The third kappa shape index (κ3) is 4.12. The second-order valence-corrected chi connectivity index (χ2v) is 4.24. The first-order valence-corrected chi connectivity index (χ1v) is 5.73. The Bertz CT molecular complexity index is 457. The Morgan fingerprint density at radius 2 is 1.86 bits per heavy atom. The first kappa shape index (κ1) is 18.3. The van der Waals surface area contributed by atoms with E-state index in [1.54, 1.807) is 0 Å². The monoisotopic (exact) mass is 336 g/mol. The Morgan fingerprint density at radius 1 is 1.27 bits per heavy atom. The molecular weight excluding hydrogens is 326 g/mol. The average Bonchev–Trinajstić information content (AvgIpc) is 2.79. The van der Waals surface area contributed by atoms with E-state index in [1.807, 2.05) is 0 Å². The number of carbonyl (C=O) groups excluding carboxylic acids is 2. The van der Waals surface area contributed by atoms with Crippen molar-refractivity contribution in [2.24, 2.45) is 0 Å². The van der Waals surface area contributed by atoms with Gasteiger partial charge >= 0.3 is 24.3 Å². The standard InChI is InChI=1S/C11H10F6O5/c1-2-6(18)21-7-3-4-9(22-7,11(15,16)17)8(19)20-5-10(12,13)14/h2,7H,1,3-5H2. The average molecular weight is 336 g/mol. The number of hydrogen-bond donors (Lipinski definition) is 0. The van der Waals surface area contributed by atoms with Crippen LogP contribution in [0.15, 0.2) is 12.7 Å². The molecule has 2 atom stereocenters. The highest BCUT2D eigenvalue weighted by molar-refractivity contribution is 5.82. The molecule has 11 heteroatoms. The van der Waals surface area contributed by atoms with Crippen LogP contribution in [0, 0.1) is 0 Å². The molecule has 0 saturated carbocycles. The Morgan fingerprint density at radius 3 is 2.32 bits per heavy atom. The molecule has 0 radical (unpaired) electrons. The van der Waals surface area contributed by atoms with E-state index in [0.717, 1.165) is 0 Å². The second-order valence-electron chi connectivity index (χ2n) is 4.24. The fraction of sp³-hybridized carbons (Fsp3) is 0.636. The summed E-state index contributed by atoms with van der Waals surface area (Å²) in [5.41, 5.74) is -3.61. The zero-order valence-corrected chi connectivity index (χ0v) is 10.8. The smallest absolute Gasteiger partial charge is 0.428 e. The summed E-state index contributed by atoms with van der Waals surface area (Å²) in [6.45, 7) is 0.820. The van der Waals surface area contributed by atoms with E-state index in [0.29, 0.717) is 6.08 Å². The zero-order valence-electron chi connectivity index (χ0n) is 10.8. The molecule has 22 heavy (non-hydrogen) atoms. The van der Waals surface area contributed by atoms with Crippen LogP contribution in [0.1, 0.15) is 12.8 Å². The van der Waals surface area contributed by atoms with Crippen molar-refractivity contribution in [3.8, 4) is 0 Å². The molecule has 1 rings (SSSR count).